The molecule has 0 radical (unpaired) electrons. The molecule has 0 saturated heterocycles. The third-order valence-electron chi connectivity index (χ3n) is 5.75. The Hall–Kier alpha value is -3.96. The van der Waals surface area contributed by atoms with E-state index in [0.29, 0.717) is 41.1 Å². The molecule has 0 saturated carbocycles. The summed E-state index contributed by atoms with van der Waals surface area (Å²) in [6.07, 6.45) is -0.0669. The maximum atomic E-state index is 13.4. The number of ether oxygens (including phenoxy) is 1. The second kappa shape index (κ2) is 11.6. The Morgan fingerprint density at radius 1 is 1.08 bits per heavy atom. The van der Waals surface area contributed by atoms with Crippen molar-refractivity contribution in [2.45, 2.75) is 25.9 Å². The van der Waals surface area contributed by atoms with Crippen LogP contribution in [0.25, 0.3) is 0 Å². The molecule has 0 unspecified atom stereocenters. The highest BCUT2D eigenvalue weighted by Gasteiger charge is 2.42. The van der Waals surface area contributed by atoms with Crippen molar-refractivity contribution in [1.82, 2.24) is 10.2 Å². The SMILES string of the molecule is CCOc1ccc(NC(=O)CSC2=Nc3ccccc3C3=N[C@@H](CC(=O)NCc4cccs4)C(=O)N23)cc1. The lowest BCUT2D eigenvalue weighted by atomic mass is 10.1. The molecule has 1 aromatic heterocycles. The van der Waals surface area contributed by atoms with E-state index in [-0.39, 0.29) is 29.9 Å². The summed E-state index contributed by atoms with van der Waals surface area (Å²) in [5, 5.41) is 8.00. The van der Waals surface area contributed by atoms with Gasteiger partial charge in [0.15, 0.2) is 5.17 Å². The lowest BCUT2D eigenvalue weighted by Crippen LogP contribution is -2.42. The fourth-order valence-electron chi connectivity index (χ4n) is 4.01. The lowest BCUT2D eigenvalue weighted by molar-refractivity contribution is -0.128. The zero-order chi connectivity index (χ0) is 26.5. The number of hydrogen-bond donors (Lipinski definition) is 2. The molecule has 1 atom stereocenters. The number of benzene rings is 2. The highest BCUT2D eigenvalue weighted by atomic mass is 32.2. The van der Waals surface area contributed by atoms with Crippen LogP contribution >= 0.6 is 23.1 Å². The summed E-state index contributed by atoms with van der Waals surface area (Å²) in [4.78, 5) is 50.3. The molecule has 2 aliphatic heterocycles. The number of carbonyl (C=O) groups excluding carboxylic acids is 3. The van der Waals surface area contributed by atoms with Gasteiger partial charge in [0.25, 0.3) is 5.91 Å². The number of aliphatic imine (C=N–C) groups is 2. The fourth-order valence-corrected chi connectivity index (χ4v) is 5.45. The van der Waals surface area contributed by atoms with E-state index in [1.165, 1.54) is 4.90 Å². The molecule has 2 aromatic carbocycles. The number of nitrogens with one attached hydrogen (secondary N) is 2. The van der Waals surface area contributed by atoms with Crippen molar-refractivity contribution in [2.24, 2.45) is 9.98 Å². The van der Waals surface area contributed by atoms with Gasteiger partial charge in [-0.25, -0.2) is 9.89 Å². The van der Waals surface area contributed by atoms with E-state index >= 15 is 0 Å². The third-order valence-corrected chi connectivity index (χ3v) is 7.56. The van der Waals surface area contributed by atoms with Crippen molar-refractivity contribution in [3.63, 3.8) is 0 Å². The number of para-hydroxylation sites is 1. The van der Waals surface area contributed by atoms with E-state index in [4.69, 9.17) is 4.74 Å². The molecule has 0 aliphatic carbocycles. The van der Waals surface area contributed by atoms with Crippen LogP contribution in [0.2, 0.25) is 0 Å². The second-order valence-corrected chi connectivity index (χ2v) is 10.4. The predicted molar refractivity (Wildman–Crippen MR) is 150 cm³/mol. The number of amides is 3. The van der Waals surface area contributed by atoms with Gasteiger partial charge in [0.05, 0.1) is 31.0 Å². The topological polar surface area (TPSA) is 112 Å². The molecule has 2 aliphatic rings. The number of thioether (sulfide) groups is 1. The van der Waals surface area contributed by atoms with Gasteiger partial charge in [-0.15, -0.1) is 11.3 Å². The molecular weight excluding hydrogens is 522 g/mol. The summed E-state index contributed by atoms with van der Waals surface area (Å²) in [5.74, 6) is 0.386. The summed E-state index contributed by atoms with van der Waals surface area (Å²) in [5.41, 5.74) is 2.01. The number of hydrogen-bond acceptors (Lipinski definition) is 8. The van der Waals surface area contributed by atoms with Gasteiger partial charge >= 0.3 is 0 Å². The minimum Gasteiger partial charge on any atom is -0.494 e. The fraction of sp³-hybridized carbons (Fsp3) is 0.222. The van der Waals surface area contributed by atoms with Crippen molar-refractivity contribution >= 4 is 63.2 Å². The van der Waals surface area contributed by atoms with Gasteiger partial charge in [-0.1, -0.05) is 30.0 Å². The van der Waals surface area contributed by atoms with Crippen LogP contribution in [0.1, 0.15) is 23.8 Å². The van der Waals surface area contributed by atoms with Crippen molar-refractivity contribution in [2.75, 3.05) is 17.7 Å². The number of rotatable bonds is 9. The van der Waals surface area contributed by atoms with E-state index < -0.39 is 6.04 Å². The quantitative estimate of drug-likeness (QED) is 0.417. The maximum Gasteiger partial charge on any atom is 0.259 e. The van der Waals surface area contributed by atoms with Crippen LogP contribution in [-0.4, -0.2) is 52.0 Å². The first-order chi connectivity index (χ1) is 18.5. The van der Waals surface area contributed by atoms with E-state index in [1.54, 1.807) is 35.6 Å². The summed E-state index contributed by atoms with van der Waals surface area (Å²) in [7, 11) is 0. The predicted octanol–water partition coefficient (Wildman–Crippen LogP) is 4.18. The second-order valence-electron chi connectivity index (χ2n) is 8.41. The number of amidine groups is 2. The zero-order valence-corrected chi connectivity index (χ0v) is 22.2. The number of nitrogens with zero attached hydrogens (tertiary/aromatic N) is 3. The van der Waals surface area contributed by atoms with Gasteiger partial charge in [-0.2, -0.15) is 0 Å². The number of anilines is 1. The van der Waals surface area contributed by atoms with Gasteiger partial charge in [0.2, 0.25) is 11.8 Å². The Kier molecular flexibility index (Phi) is 7.85. The third kappa shape index (κ3) is 5.79. The molecule has 38 heavy (non-hydrogen) atoms. The normalized spacial score (nSPS) is 15.8. The van der Waals surface area contributed by atoms with E-state index in [9.17, 15) is 14.4 Å². The van der Waals surface area contributed by atoms with Crippen molar-refractivity contribution in [3.05, 3.63) is 76.5 Å². The summed E-state index contributed by atoms with van der Waals surface area (Å²) in [6.45, 7) is 2.88. The Labute approximate surface area is 228 Å². The Morgan fingerprint density at radius 2 is 1.89 bits per heavy atom. The molecule has 2 N–H and O–H groups in total. The Balaban J connectivity index is 1.26. The van der Waals surface area contributed by atoms with Crippen LogP contribution in [0.15, 0.2) is 76.0 Å². The molecule has 3 aromatic rings. The molecule has 9 nitrogen and oxygen atoms in total. The summed E-state index contributed by atoms with van der Waals surface area (Å²) >= 11 is 2.70. The first kappa shape index (κ1) is 25.7. The first-order valence-corrected chi connectivity index (χ1v) is 13.9. The summed E-state index contributed by atoms with van der Waals surface area (Å²) < 4.78 is 5.43. The standard InChI is InChI=1S/C27H25N5O4S2/c1-2-36-18-11-9-17(10-12-18)29-24(34)16-38-27-31-21-8-4-3-7-20(21)25-30-22(26(35)32(25)27)14-23(33)28-15-19-6-5-13-37-19/h3-13,22H,2,14-16H2,1H3,(H,28,33)(H,29,34)/t22-/m0/s1. The van der Waals surface area contributed by atoms with Gasteiger partial charge in [0, 0.05) is 16.1 Å². The molecular formula is C27H25N5O4S2. The minimum atomic E-state index is -0.858. The highest BCUT2D eigenvalue weighted by Crippen LogP contribution is 2.34. The van der Waals surface area contributed by atoms with Crippen molar-refractivity contribution < 1.29 is 19.1 Å². The molecule has 194 valence electrons. The first-order valence-electron chi connectivity index (χ1n) is 12.1. The highest BCUT2D eigenvalue weighted by molar-refractivity contribution is 8.14. The van der Waals surface area contributed by atoms with E-state index in [0.717, 1.165) is 22.4 Å². The molecule has 0 spiro atoms. The molecule has 0 fully saturated rings. The summed E-state index contributed by atoms with van der Waals surface area (Å²) in [6, 6.07) is 17.5. The smallest absolute Gasteiger partial charge is 0.259 e. The Bertz CT molecular complexity index is 1400. The molecule has 3 heterocycles. The van der Waals surface area contributed by atoms with Crippen LogP contribution in [0.5, 0.6) is 5.75 Å². The van der Waals surface area contributed by atoms with E-state index in [1.807, 2.05) is 48.7 Å². The van der Waals surface area contributed by atoms with Gasteiger partial charge in [-0.05, 0) is 54.8 Å². The van der Waals surface area contributed by atoms with Gasteiger partial charge in [-0.3, -0.25) is 19.4 Å². The van der Waals surface area contributed by atoms with E-state index in [2.05, 4.69) is 20.6 Å². The van der Waals surface area contributed by atoms with Crippen LogP contribution in [0.4, 0.5) is 11.4 Å². The number of fused-ring (bicyclic) bond motifs is 3. The molecule has 3 amide bonds. The monoisotopic (exact) mass is 547 g/mol. The lowest BCUT2D eigenvalue weighted by Gasteiger charge is -2.25. The number of carbonyl (C=O) groups is 3. The minimum absolute atomic E-state index is 0.0389. The maximum absolute atomic E-state index is 13.4. The zero-order valence-electron chi connectivity index (χ0n) is 20.5. The van der Waals surface area contributed by atoms with Crippen LogP contribution < -0.4 is 15.4 Å². The van der Waals surface area contributed by atoms with Crippen molar-refractivity contribution in [1.29, 1.82) is 0 Å². The molecule has 11 heteroatoms. The average Bonchev–Trinajstić information content (AvgIpc) is 3.56. The largest absolute Gasteiger partial charge is 0.494 e. The number of thiophene rings is 1. The molecule has 5 rings (SSSR count). The Morgan fingerprint density at radius 3 is 2.66 bits per heavy atom. The van der Waals surface area contributed by atoms with Crippen molar-refractivity contribution in [3.8, 4) is 5.75 Å². The van der Waals surface area contributed by atoms with Crippen LogP contribution in [0.3, 0.4) is 0 Å². The van der Waals surface area contributed by atoms with Gasteiger partial charge < -0.3 is 15.4 Å². The van der Waals surface area contributed by atoms with Gasteiger partial charge in [0.1, 0.15) is 17.6 Å². The van der Waals surface area contributed by atoms with Crippen LogP contribution in [0, 0.1) is 0 Å². The average molecular weight is 548 g/mol. The van der Waals surface area contributed by atoms with Crippen LogP contribution in [-0.2, 0) is 20.9 Å². The molecule has 0 bridgehead atoms.